The number of amides is 1. The largest absolute Gasteiger partial charge is 1.00 e. The number of aliphatic carboxylic acids is 1. The van der Waals surface area contributed by atoms with Crippen molar-refractivity contribution >= 4 is 11.9 Å². The van der Waals surface area contributed by atoms with Crippen molar-refractivity contribution in [3.05, 3.63) is 0 Å². The summed E-state index contributed by atoms with van der Waals surface area (Å²) >= 11 is 0. The van der Waals surface area contributed by atoms with E-state index in [1.165, 1.54) is 38.5 Å². The molecule has 0 saturated heterocycles. The van der Waals surface area contributed by atoms with Gasteiger partial charge >= 0.3 is 35.5 Å². The van der Waals surface area contributed by atoms with Gasteiger partial charge in [0.15, 0.2) is 0 Å². The summed E-state index contributed by atoms with van der Waals surface area (Å²) in [5.41, 5.74) is 0. The van der Waals surface area contributed by atoms with Gasteiger partial charge in [0.25, 0.3) is 0 Å². The summed E-state index contributed by atoms with van der Waals surface area (Å²) in [5, 5.41) is 19.8. The van der Waals surface area contributed by atoms with E-state index in [0.29, 0.717) is 6.42 Å². The minimum atomic E-state index is -1.20. The summed E-state index contributed by atoms with van der Waals surface area (Å²) in [6, 6.07) is -1.18. The summed E-state index contributed by atoms with van der Waals surface area (Å²) < 4.78 is 0. The number of hydrogen-bond acceptors (Lipinski definition) is 3. The molecule has 120 valence electrons. The van der Waals surface area contributed by atoms with Gasteiger partial charge in [-0.05, 0) is 6.42 Å². The molecule has 0 fully saturated rings. The minimum Gasteiger partial charge on any atom is -1.00 e. The normalized spacial score (nSPS) is 11.5. The number of carboxylic acid groups (broad SMARTS) is 1. The Hall–Kier alpha value is -0.100. The molecule has 6 heteroatoms. The number of hydrogen-bond donors (Lipinski definition) is 3. The molecule has 0 aliphatic heterocycles. The van der Waals surface area contributed by atoms with E-state index in [2.05, 4.69) is 12.2 Å². The standard InChI is InChI=1S/C15H29NO4.Na.H/c1-2-3-4-5-6-7-8-9-10-11-14(18)16-13(12-17)15(19)20;;/h13,17H,2-12H2,1H3,(H,16,18)(H,19,20);;/q;+1;-1/t13-;;/m0../s1. The fraction of sp³-hybridized carbons (Fsp3) is 0.867. The molecule has 5 nitrogen and oxygen atoms in total. The van der Waals surface area contributed by atoms with Gasteiger partial charge in [-0.15, -0.1) is 0 Å². The SMILES string of the molecule is CCCCCCCCCCCC(=O)N[C@@H](CO)C(=O)O.[H-].[Na+]. The molecule has 21 heavy (non-hydrogen) atoms. The molecule has 0 aromatic heterocycles. The summed E-state index contributed by atoms with van der Waals surface area (Å²) in [4.78, 5) is 22.1. The zero-order valence-electron chi connectivity index (χ0n) is 14.6. The van der Waals surface area contributed by atoms with E-state index in [9.17, 15) is 9.59 Å². The van der Waals surface area contributed by atoms with E-state index < -0.39 is 18.6 Å². The van der Waals surface area contributed by atoms with Crippen LogP contribution in [-0.2, 0) is 9.59 Å². The smallest absolute Gasteiger partial charge is 1.00 e. The number of carbonyl (C=O) groups excluding carboxylic acids is 1. The maximum Gasteiger partial charge on any atom is 1.00 e. The average molecular weight is 311 g/mol. The molecule has 0 saturated carbocycles. The Bertz CT molecular complexity index is 280. The van der Waals surface area contributed by atoms with Gasteiger partial charge in [-0.25, -0.2) is 4.79 Å². The minimum absolute atomic E-state index is 0. The second-order valence-corrected chi connectivity index (χ2v) is 5.22. The van der Waals surface area contributed by atoms with Crippen molar-refractivity contribution in [1.29, 1.82) is 0 Å². The predicted molar refractivity (Wildman–Crippen MR) is 79.6 cm³/mol. The average Bonchev–Trinajstić information content (AvgIpc) is 2.42. The molecule has 0 rings (SSSR count). The zero-order chi connectivity index (χ0) is 15.2. The Kier molecular flexibility index (Phi) is 18.0. The van der Waals surface area contributed by atoms with Crippen LogP contribution >= 0.6 is 0 Å². The molecular weight excluding hydrogens is 281 g/mol. The van der Waals surface area contributed by atoms with Crippen LogP contribution in [-0.4, -0.2) is 34.7 Å². The molecule has 0 aliphatic rings. The van der Waals surface area contributed by atoms with Crippen LogP contribution in [0.5, 0.6) is 0 Å². The first kappa shape index (κ1) is 23.2. The molecule has 0 aliphatic carbocycles. The van der Waals surface area contributed by atoms with Crippen LogP contribution in [0.4, 0.5) is 0 Å². The number of carboxylic acids is 1. The van der Waals surface area contributed by atoms with Crippen LogP contribution in [0.1, 0.15) is 72.6 Å². The molecule has 0 aromatic carbocycles. The van der Waals surface area contributed by atoms with Crippen molar-refractivity contribution in [3.8, 4) is 0 Å². The Morgan fingerprint density at radius 3 is 1.90 bits per heavy atom. The third-order valence-corrected chi connectivity index (χ3v) is 3.32. The van der Waals surface area contributed by atoms with Crippen molar-refractivity contribution in [2.75, 3.05) is 6.61 Å². The quantitative estimate of drug-likeness (QED) is 0.319. The molecule has 1 atom stereocenters. The van der Waals surface area contributed by atoms with Crippen molar-refractivity contribution < 1.29 is 50.8 Å². The molecule has 3 N–H and O–H groups in total. The Morgan fingerprint density at radius 2 is 1.48 bits per heavy atom. The van der Waals surface area contributed by atoms with E-state index in [0.717, 1.165) is 19.3 Å². The van der Waals surface area contributed by atoms with E-state index in [1.54, 1.807) is 0 Å². The third-order valence-electron chi connectivity index (χ3n) is 3.32. The van der Waals surface area contributed by atoms with Crippen LogP contribution in [0.15, 0.2) is 0 Å². The number of aliphatic hydroxyl groups is 1. The number of carbonyl (C=O) groups is 2. The Labute approximate surface area is 151 Å². The second-order valence-electron chi connectivity index (χ2n) is 5.22. The van der Waals surface area contributed by atoms with Crippen molar-refractivity contribution in [2.24, 2.45) is 0 Å². The fourth-order valence-electron chi connectivity index (χ4n) is 2.05. The topological polar surface area (TPSA) is 86.6 Å². The van der Waals surface area contributed by atoms with Gasteiger partial charge in [-0.3, -0.25) is 4.79 Å². The van der Waals surface area contributed by atoms with Crippen molar-refractivity contribution in [1.82, 2.24) is 5.32 Å². The Morgan fingerprint density at radius 1 is 1.00 bits per heavy atom. The number of rotatable bonds is 13. The van der Waals surface area contributed by atoms with Gasteiger partial charge in [-0.2, -0.15) is 0 Å². The van der Waals surface area contributed by atoms with Gasteiger partial charge in [0.2, 0.25) is 5.91 Å². The first-order chi connectivity index (χ1) is 9.61. The molecule has 0 radical (unpaired) electrons. The van der Waals surface area contributed by atoms with Crippen LogP contribution in [0.25, 0.3) is 0 Å². The van der Waals surface area contributed by atoms with Gasteiger partial charge in [0.1, 0.15) is 6.04 Å². The zero-order valence-corrected chi connectivity index (χ0v) is 15.6. The monoisotopic (exact) mass is 311 g/mol. The molecule has 0 unspecified atom stereocenters. The van der Waals surface area contributed by atoms with E-state index in [1.807, 2.05) is 0 Å². The molecule has 0 spiro atoms. The Balaban J connectivity index is -0.00000180. The molecule has 1 amide bonds. The molecular formula is C15H30NNaO4. The number of unbranched alkanes of at least 4 members (excludes halogenated alkanes) is 8. The van der Waals surface area contributed by atoms with Gasteiger partial charge in [-0.1, -0.05) is 58.3 Å². The fourth-order valence-corrected chi connectivity index (χ4v) is 2.05. The summed E-state index contributed by atoms with van der Waals surface area (Å²) in [6.07, 6.45) is 10.9. The molecule has 0 bridgehead atoms. The molecule has 0 aromatic rings. The summed E-state index contributed by atoms with van der Waals surface area (Å²) in [6.45, 7) is 1.63. The summed E-state index contributed by atoms with van der Waals surface area (Å²) in [5.74, 6) is -1.50. The first-order valence-electron chi connectivity index (χ1n) is 7.74. The third kappa shape index (κ3) is 14.6. The van der Waals surface area contributed by atoms with Gasteiger partial charge in [0, 0.05) is 6.42 Å². The van der Waals surface area contributed by atoms with E-state index in [4.69, 9.17) is 10.2 Å². The van der Waals surface area contributed by atoms with Crippen molar-refractivity contribution in [2.45, 2.75) is 77.2 Å². The van der Waals surface area contributed by atoms with Crippen LogP contribution in [0, 0.1) is 0 Å². The van der Waals surface area contributed by atoms with Crippen LogP contribution in [0.3, 0.4) is 0 Å². The first-order valence-corrected chi connectivity index (χ1v) is 7.74. The van der Waals surface area contributed by atoms with Crippen molar-refractivity contribution in [3.63, 3.8) is 0 Å². The predicted octanol–water partition coefficient (Wildman–Crippen LogP) is -0.414. The van der Waals surface area contributed by atoms with Crippen LogP contribution in [0.2, 0.25) is 0 Å². The number of nitrogens with one attached hydrogen (secondary N) is 1. The van der Waals surface area contributed by atoms with E-state index >= 15 is 0 Å². The maximum absolute atomic E-state index is 11.4. The summed E-state index contributed by atoms with van der Waals surface area (Å²) in [7, 11) is 0. The molecule has 0 heterocycles. The van der Waals surface area contributed by atoms with Crippen LogP contribution < -0.4 is 34.9 Å². The maximum atomic E-state index is 11.4. The number of aliphatic hydroxyl groups excluding tert-OH is 1. The van der Waals surface area contributed by atoms with E-state index in [-0.39, 0.29) is 36.9 Å². The van der Waals surface area contributed by atoms with Gasteiger partial charge < -0.3 is 17.0 Å². The van der Waals surface area contributed by atoms with Gasteiger partial charge in [0.05, 0.1) is 6.61 Å². The second kappa shape index (κ2) is 16.3.